The van der Waals surface area contributed by atoms with Crippen molar-refractivity contribution >= 4 is 0 Å². The molecule has 0 N–H and O–H groups in total. The second kappa shape index (κ2) is 4.70. The van der Waals surface area contributed by atoms with Crippen LogP contribution in [0.3, 0.4) is 0 Å². The van der Waals surface area contributed by atoms with Gasteiger partial charge in [0, 0.05) is 32.8 Å². The number of rotatable bonds is 2. The lowest BCUT2D eigenvalue weighted by Gasteiger charge is -2.23. The van der Waals surface area contributed by atoms with Crippen molar-refractivity contribution in [2.24, 2.45) is 0 Å². The maximum Gasteiger partial charge on any atom is 0.0618 e. The summed E-state index contributed by atoms with van der Waals surface area (Å²) in [4.78, 5) is 2.33. The van der Waals surface area contributed by atoms with Gasteiger partial charge in [-0.05, 0) is 13.5 Å². The SMILES string of the molecule is COCC1CC[N]CCN1C. The van der Waals surface area contributed by atoms with Crippen LogP contribution in [0.15, 0.2) is 0 Å². The molecule has 0 aromatic heterocycles. The Bertz CT molecular complexity index is 108. The maximum absolute atomic E-state index is 5.12. The van der Waals surface area contributed by atoms with Gasteiger partial charge in [0.05, 0.1) is 6.61 Å². The molecule has 0 amide bonds. The quantitative estimate of drug-likeness (QED) is 0.561. The Balaban J connectivity index is 2.32. The van der Waals surface area contributed by atoms with Crippen molar-refractivity contribution < 1.29 is 4.74 Å². The molecule has 11 heavy (non-hydrogen) atoms. The van der Waals surface area contributed by atoms with Crippen LogP contribution in [-0.2, 0) is 4.74 Å². The molecular weight excluding hydrogens is 140 g/mol. The zero-order valence-corrected chi connectivity index (χ0v) is 7.42. The summed E-state index contributed by atoms with van der Waals surface area (Å²) in [5.41, 5.74) is 0. The van der Waals surface area contributed by atoms with Gasteiger partial charge in [-0.25, -0.2) is 5.32 Å². The lowest BCUT2D eigenvalue weighted by molar-refractivity contribution is 0.110. The summed E-state index contributed by atoms with van der Waals surface area (Å²) >= 11 is 0. The molecule has 3 heteroatoms. The number of ether oxygens (including phenoxy) is 1. The minimum Gasteiger partial charge on any atom is -0.383 e. The maximum atomic E-state index is 5.12. The predicted octanol–water partition coefficient (Wildman–Crippen LogP) is -0.0587. The molecule has 1 aliphatic heterocycles. The van der Waals surface area contributed by atoms with Gasteiger partial charge in [0.15, 0.2) is 0 Å². The third kappa shape index (κ3) is 2.77. The van der Waals surface area contributed by atoms with E-state index in [1.807, 2.05) is 0 Å². The van der Waals surface area contributed by atoms with E-state index in [0.717, 1.165) is 32.7 Å². The van der Waals surface area contributed by atoms with E-state index >= 15 is 0 Å². The molecule has 1 fully saturated rings. The molecule has 1 heterocycles. The number of hydrogen-bond acceptors (Lipinski definition) is 2. The van der Waals surface area contributed by atoms with E-state index in [2.05, 4.69) is 17.3 Å². The van der Waals surface area contributed by atoms with Crippen LogP contribution in [0.1, 0.15) is 6.42 Å². The lowest BCUT2D eigenvalue weighted by atomic mass is 10.2. The van der Waals surface area contributed by atoms with Crippen LogP contribution in [0.4, 0.5) is 0 Å². The fourth-order valence-electron chi connectivity index (χ4n) is 1.39. The molecule has 1 unspecified atom stereocenters. The van der Waals surface area contributed by atoms with E-state index in [1.54, 1.807) is 7.11 Å². The summed E-state index contributed by atoms with van der Waals surface area (Å²) < 4.78 is 5.12. The van der Waals surface area contributed by atoms with Crippen molar-refractivity contribution in [2.45, 2.75) is 12.5 Å². The summed E-state index contributed by atoms with van der Waals surface area (Å²) in [5.74, 6) is 0. The molecule has 0 aromatic rings. The van der Waals surface area contributed by atoms with Crippen molar-refractivity contribution in [3.63, 3.8) is 0 Å². The molecular formula is C8H17N2O. The Morgan fingerprint density at radius 3 is 3.09 bits per heavy atom. The summed E-state index contributed by atoms with van der Waals surface area (Å²) in [6, 6.07) is 0.575. The zero-order valence-electron chi connectivity index (χ0n) is 7.42. The second-order valence-electron chi connectivity index (χ2n) is 3.05. The van der Waals surface area contributed by atoms with Gasteiger partial charge in [-0.2, -0.15) is 0 Å². The van der Waals surface area contributed by atoms with Crippen LogP contribution in [0.5, 0.6) is 0 Å². The minimum atomic E-state index is 0.575. The normalized spacial score (nSPS) is 28.4. The van der Waals surface area contributed by atoms with Crippen LogP contribution in [0.25, 0.3) is 0 Å². The van der Waals surface area contributed by atoms with Crippen LogP contribution >= 0.6 is 0 Å². The third-order valence-electron chi connectivity index (χ3n) is 2.21. The number of likely N-dealkylation sites (N-methyl/N-ethyl adjacent to an activating group) is 1. The number of hydrogen-bond donors (Lipinski definition) is 0. The molecule has 0 bridgehead atoms. The van der Waals surface area contributed by atoms with E-state index in [0.29, 0.717) is 6.04 Å². The average Bonchev–Trinajstić information content (AvgIpc) is 2.18. The summed E-state index contributed by atoms with van der Waals surface area (Å²) in [5, 5.41) is 4.36. The molecule has 1 saturated heterocycles. The van der Waals surface area contributed by atoms with Gasteiger partial charge < -0.3 is 4.74 Å². The first-order chi connectivity index (χ1) is 5.34. The van der Waals surface area contributed by atoms with E-state index < -0.39 is 0 Å². The highest BCUT2D eigenvalue weighted by Gasteiger charge is 2.16. The second-order valence-corrected chi connectivity index (χ2v) is 3.05. The predicted molar refractivity (Wildman–Crippen MR) is 44.8 cm³/mol. The van der Waals surface area contributed by atoms with Crippen LogP contribution in [0.2, 0.25) is 0 Å². The van der Waals surface area contributed by atoms with Crippen LogP contribution in [0, 0.1) is 0 Å². The fraction of sp³-hybridized carbons (Fsp3) is 1.00. The Kier molecular flexibility index (Phi) is 3.83. The molecule has 0 aliphatic carbocycles. The topological polar surface area (TPSA) is 26.6 Å². The zero-order chi connectivity index (χ0) is 8.10. The molecule has 1 radical (unpaired) electrons. The number of nitrogens with zero attached hydrogens (tertiary/aromatic N) is 2. The van der Waals surface area contributed by atoms with Crippen molar-refractivity contribution in [2.75, 3.05) is 40.4 Å². The van der Waals surface area contributed by atoms with E-state index in [9.17, 15) is 0 Å². The Morgan fingerprint density at radius 1 is 1.55 bits per heavy atom. The van der Waals surface area contributed by atoms with Gasteiger partial charge in [0.25, 0.3) is 0 Å². The molecule has 3 nitrogen and oxygen atoms in total. The molecule has 1 rings (SSSR count). The van der Waals surface area contributed by atoms with Crippen molar-refractivity contribution in [3.05, 3.63) is 0 Å². The lowest BCUT2D eigenvalue weighted by Crippen LogP contribution is -2.35. The van der Waals surface area contributed by atoms with Crippen LogP contribution in [-0.4, -0.2) is 51.3 Å². The highest BCUT2D eigenvalue weighted by atomic mass is 16.5. The first kappa shape index (κ1) is 8.97. The standard InChI is InChI=1S/C8H17N2O/c1-10-6-5-9-4-3-8(10)7-11-2/h8H,3-7H2,1-2H3. The summed E-state index contributed by atoms with van der Waals surface area (Å²) in [6.45, 7) is 3.90. The Labute approximate surface area is 68.7 Å². The number of methoxy groups -OCH3 is 1. The van der Waals surface area contributed by atoms with Crippen LogP contribution < -0.4 is 5.32 Å². The molecule has 0 spiro atoms. The third-order valence-corrected chi connectivity index (χ3v) is 2.21. The van der Waals surface area contributed by atoms with Crippen molar-refractivity contribution in [3.8, 4) is 0 Å². The smallest absolute Gasteiger partial charge is 0.0618 e. The average molecular weight is 157 g/mol. The van der Waals surface area contributed by atoms with Gasteiger partial charge in [0.1, 0.15) is 0 Å². The largest absolute Gasteiger partial charge is 0.383 e. The van der Waals surface area contributed by atoms with Gasteiger partial charge >= 0.3 is 0 Å². The molecule has 0 aromatic carbocycles. The Hall–Kier alpha value is -0.120. The molecule has 1 atom stereocenters. The highest BCUT2D eigenvalue weighted by molar-refractivity contribution is 4.73. The highest BCUT2D eigenvalue weighted by Crippen LogP contribution is 2.04. The van der Waals surface area contributed by atoms with Gasteiger partial charge in [0.2, 0.25) is 0 Å². The van der Waals surface area contributed by atoms with E-state index in [4.69, 9.17) is 4.74 Å². The Morgan fingerprint density at radius 2 is 2.36 bits per heavy atom. The minimum absolute atomic E-state index is 0.575. The van der Waals surface area contributed by atoms with Gasteiger partial charge in [-0.1, -0.05) is 0 Å². The van der Waals surface area contributed by atoms with Crippen molar-refractivity contribution in [1.29, 1.82) is 0 Å². The van der Waals surface area contributed by atoms with E-state index in [1.165, 1.54) is 0 Å². The summed E-state index contributed by atoms with van der Waals surface area (Å²) in [7, 11) is 3.90. The van der Waals surface area contributed by atoms with Gasteiger partial charge in [-0.3, -0.25) is 4.90 Å². The first-order valence-corrected chi connectivity index (χ1v) is 4.17. The van der Waals surface area contributed by atoms with Gasteiger partial charge in [-0.15, -0.1) is 0 Å². The first-order valence-electron chi connectivity index (χ1n) is 4.17. The van der Waals surface area contributed by atoms with E-state index in [-0.39, 0.29) is 0 Å². The molecule has 0 saturated carbocycles. The molecule has 1 aliphatic rings. The summed E-state index contributed by atoms with van der Waals surface area (Å²) in [6.07, 6.45) is 1.14. The fourth-order valence-corrected chi connectivity index (χ4v) is 1.39. The van der Waals surface area contributed by atoms with Crippen molar-refractivity contribution in [1.82, 2.24) is 10.2 Å². The molecule has 65 valence electrons. The monoisotopic (exact) mass is 157 g/mol.